The van der Waals surface area contributed by atoms with Crippen LogP contribution >= 0.6 is 0 Å². The molecule has 0 heterocycles. The van der Waals surface area contributed by atoms with Crippen LogP contribution in [0.15, 0.2) is 60.7 Å². The maximum absolute atomic E-state index is 12.2. The maximum atomic E-state index is 12.2. The molecule has 25 heavy (non-hydrogen) atoms. The Bertz CT molecular complexity index is 724. The number of hydrogen-bond acceptors (Lipinski definition) is 3. The molecule has 0 fully saturated rings. The van der Waals surface area contributed by atoms with Crippen LogP contribution in [0.2, 0.25) is 0 Å². The number of alkyl carbamates (subject to hydrolysis) is 1. The van der Waals surface area contributed by atoms with Crippen molar-refractivity contribution < 1.29 is 14.3 Å². The van der Waals surface area contributed by atoms with Crippen molar-refractivity contribution in [1.82, 2.24) is 10.6 Å². The van der Waals surface area contributed by atoms with E-state index in [1.54, 1.807) is 0 Å². The number of ether oxygens (including phenoxy) is 1. The summed E-state index contributed by atoms with van der Waals surface area (Å²) in [7, 11) is 0. The Morgan fingerprint density at radius 2 is 1.60 bits per heavy atom. The molecule has 2 amide bonds. The molecule has 2 aromatic rings. The Morgan fingerprint density at radius 1 is 1.00 bits per heavy atom. The summed E-state index contributed by atoms with van der Waals surface area (Å²) in [6.07, 6.45) is 4.86. The van der Waals surface area contributed by atoms with Crippen LogP contribution in [-0.4, -0.2) is 24.6 Å². The van der Waals surface area contributed by atoms with Gasteiger partial charge in [0, 0.05) is 6.42 Å². The average molecular weight is 336 g/mol. The molecule has 0 aliphatic carbocycles. The summed E-state index contributed by atoms with van der Waals surface area (Å²) in [6.45, 7) is 0.238. The predicted octanol–water partition coefficient (Wildman–Crippen LogP) is 2.27. The summed E-state index contributed by atoms with van der Waals surface area (Å²) in [5.74, 6) is 1.99. The highest BCUT2D eigenvalue weighted by atomic mass is 16.5. The molecule has 0 saturated heterocycles. The number of benzene rings is 2. The van der Waals surface area contributed by atoms with Gasteiger partial charge in [-0.25, -0.2) is 4.79 Å². The minimum atomic E-state index is -0.765. The zero-order chi connectivity index (χ0) is 17.9. The maximum Gasteiger partial charge on any atom is 0.408 e. The second kappa shape index (κ2) is 9.78. The van der Waals surface area contributed by atoms with E-state index in [-0.39, 0.29) is 19.1 Å². The first-order valence-corrected chi connectivity index (χ1v) is 7.91. The van der Waals surface area contributed by atoms with E-state index in [1.807, 2.05) is 60.7 Å². The molecule has 2 N–H and O–H groups in total. The zero-order valence-electron chi connectivity index (χ0n) is 13.8. The molecule has 5 heteroatoms. The van der Waals surface area contributed by atoms with Crippen LogP contribution in [0.4, 0.5) is 4.79 Å². The van der Waals surface area contributed by atoms with Gasteiger partial charge in [0.05, 0.1) is 6.54 Å². The van der Waals surface area contributed by atoms with Crippen molar-refractivity contribution in [3.8, 4) is 12.3 Å². The minimum Gasteiger partial charge on any atom is -0.445 e. The summed E-state index contributed by atoms with van der Waals surface area (Å²) in [5, 5.41) is 5.19. The van der Waals surface area contributed by atoms with Gasteiger partial charge in [0.15, 0.2) is 0 Å². The van der Waals surface area contributed by atoms with Crippen LogP contribution in [0.25, 0.3) is 0 Å². The molecule has 5 nitrogen and oxygen atoms in total. The molecule has 0 aliphatic rings. The molecule has 0 aliphatic heterocycles. The highest BCUT2D eigenvalue weighted by Gasteiger charge is 2.21. The van der Waals surface area contributed by atoms with Crippen LogP contribution in [0.5, 0.6) is 0 Å². The molecule has 0 aromatic heterocycles. The Hall–Kier alpha value is -3.26. The van der Waals surface area contributed by atoms with E-state index in [0.717, 1.165) is 11.1 Å². The quantitative estimate of drug-likeness (QED) is 0.762. The number of amides is 2. The third-order valence-electron chi connectivity index (χ3n) is 3.47. The molecule has 0 radical (unpaired) electrons. The fraction of sp³-hybridized carbons (Fsp3) is 0.200. The molecule has 0 unspecified atom stereocenters. The number of nitrogens with one attached hydrogen (secondary N) is 2. The first-order valence-electron chi connectivity index (χ1n) is 7.91. The molecular weight excluding hydrogens is 316 g/mol. The molecular formula is C20H20N2O3. The summed E-state index contributed by atoms with van der Waals surface area (Å²) in [6, 6.07) is 18.0. The van der Waals surface area contributed by atoms with Gasteiger partial charge < -0.3 is 15.4 Å². The lowest BCUT2D eigenvalue weighted by molar-refractivity contribution is -0.122. The Balaban J connectivity index is 1.95. The Kier molecular flexibility index (Phi) is 7.08. The Labute approximate surface area is 147 Å². The van der Waals surface area contributed by atoms with Crippen molar-refractivity contribution in [1.29, 1.82) is 0 Å². The normalized spacial score (nSPS) is 11.0. The summed E-state index contributed by atoms with van der Waals surface area (Å²) in [4.78, 5) is 24.3. The van der Waals surface area contributed by atoms with Gasteiger partial charge in [-0.3, -0.25) is 4.79 Å². The summed E-state index contributed by atoms with van der Waals surface area (Å²) >= 11 is 0. The van der Waals surface area contributed by atoms with Crippen LogP contribution in [0.3, 0.4) is 0 Å². The van der Waals surface area contributed by atoms with Gasteiger partial charge in [0.1, 0.15) is 12.6 Å². The topological polar surface area (TPSA) is 67.4 Å². The second-order valence-corrected chi connectivity index (χ2v) is 5.37. The molecule has 2 rings (SSSR count). The fourth-order valence-corrected chi connectivity index (χ4v) is 2.23. The largest absolute Gasteiger partial charge is 0.445 e. The van der Waals surface area contributed by atoms with Crippen molar-refractivity contribution in [3.63, 3.8) is 0 Å². The Morgan fingerprint density at radius 3 is 2.20 bits per heavy atom. The van der Waals surface area contributed by atoms with E-state index in [2.05, 4.69) is 16.6 Å². The zero-order valence-corrected chi connectivity index (χ0v) is 13.8. The smallest absolute Gasteiger partial charge is 0.408 e. The fourth-order valence-electron chi connectivity index (χ4n) is 2.23. The van der Waals surface area contributed by atoms with Gasteiger partial charge in [-0.2, -0.15) is 0 Å². The highest BCUT2D eigenvalue weighted by Crippen LogP contribution is 2.05. The van der Waals surface area contributed by atoms with Gasteiger partial charge in [-0.1, -0.05) is 66.6 Å². The molecule has 128 valence electrons. The van der Waals surface area contributed by atoms with Crippen LogP contribution in [-0.2, 0) is 22.6 Å². The van der Waals surface area contributed by atoms with Gasteiger partial charge in [-0.05, 0) is 11.1 Å². The third-order valence-corrected chi connectivity index (χ3v) is 3.47. The van der Waals surface area contributed by atoms with Crippen molar-refractivity contribution in [2.24, 2.45) is 0 Å². The first-order chi connectivity index (χ1) is 12.2. The highest BCUT2D eigenvalue weighted by molar-refractivity contribution is 5.86. The van der Waals surface area contributed by atoms with E-state index in [9.17, 15) is 9.59 Å². The molecule has 2 aromatic carbocycles. The number of carbonyl (C=O) groups is 2. The van der Waals surface area contributed by atoms with Crippen molar-refractivity contribution in [2.75, 3.05) is 6.54 Å². The lowest BCUT2D eigenvalue weighted by atomic mass is 10.1. The van der Waals surface area contributed by atoms with Crippen molar-refractivity contribution in [2.45, 2.75) is 19.1 Å². The van der Waals surface area contributed by atoms with Gasteiger partial charge in [0.2, 0.25) is 5.91 Å². The van der Waals surface area contributed by atoms with Crippen molar-refractivity contribution in [3.05, 3.63) is 71.8 Å². The predicted molar refractivity (Wildman–Crippen MR) is 95.5 cm³/mol. The number of carbonyl (C=O) groups excluding carboxylic acids is 2. The van der Waals surface area contributed by atoms with Gasteiger partial charge in [0.25, 0.3) is 0 Å². The standard InChI is InChI=1S/C20H20N2O3/c1-2-13-21-19(23)18(14-16-9-5-3-6-10-16)22-20(24)25-15-17-11-7-4-8-12-17/h1,3-12,18H,13-15H2,(H,21,23)(H,22,24)/t18-/m0/s1. The van der Waals surface area contributed by atoms with Crippen molar-refractivity contribution >= 4 is 12.0 Å². The van der Waals surface area contributed by atoms with Gasteiger partial charge >= 0.3 is 6.09 Å². The van der Waals surface area contributed by atoms with Gasteiger partial charge in [-0.15, -0.1) is 6.42 Å². The SMILES string of the molecule is C#CCNC(=O)[C@H](Cc1ccccc1)NC(=O)OCc1ccccc1. The van der Waals surface area contributed by atoms with Crippen LogP contribution in [0.1, 0.15) is 11.1 Å². The minimum absolute atomic E-state index is 0.102. The second-order valence-electron chi connectivity index (χ2n) is 5.37. The molecule has 0 spiro atoms. The van der Waals surface area contributed by atoms with E-state index >= 15 is 0 Å². The number of rotatable bonds is 7. The van der Waals surface area contributed by atoms with E-state index < -0.39 is 12.1 Å². The van der Waals surface area contributed by atoms with Crippen LogP contribution < -0.4 is 10.6 Å². The third kappa shape index (κ3) is 6.40. The summed E-state index contributed by atoms with van der Waals surface area (Å²) < 4.78 is 5.18. The van der Waals surface area contributed by atoms with E-state index in [0.29, 0.717) is 6.42 Å². The lowest BCUT2D eigenvalue weighted by Gasteiger charge is -2.18. The lowest BCUT2D eigenvalue weighted by Crippen LogP contribution is -2.48. The molecule has 0 saturated carbocycles. The monoisotopic (exact) mass is 336 g/mol. The number of hydrogen-bond donors (Lipinski definition) is 2. The summed E-state index contributed by atoms with van der Waals surface area (Å²) in [5.41, 5.74) is 1.79. The van der Waals surface area contributed by atoms with E-state index in [1.165, 1.54) is 0 Å². The number of terminal acetylenes is 1. The van der Waals surface area contributed by atoms with Crippen LogP contribution in [0, 0.1) is 12.3 Å². The average Bonchev–Trinajstić information content (AvgIpc) is 2.65. The first kappa shape index (κ1) is 18.1. The molecule has 1 atom stereocenters. The molecule has 0 bridgehead atoms. The van der Waals surface area contributed by atoms with E-state index in [4.69, 9.17) is 11.2 Å².